The van der Waals surface area contributed by atoms with Crippen LogP contribution in [0.25, 0.3) is 89.4 Å². The van der Waals surface area contributed by atoms with E-state index in [0.29, 0.717) is 23.2 Å². The number of pyridine rings is 2. The lowest BCUT2D eigenvalue weighted by molar-refractivity contribution is 0.652. The Morgan fingerprint density at radius 1 is 0.375 bits per heavy atom. The molecule has 0 aliphatic heterocycles. The van der Waals surface area contributed by atoms with Crippen LogP contribution in [-0.4, -0.2) is 24.9 Å². The highest BCUT2D eigenvalue weighted by atomic mass is 15.0. The molecule has 3 heterocycles. The van der Waals surface area contributed by atoms with Crippen molar-refractivity contribution in [2.75, 3.05) is 0 Å². The first kappa shape index (κ1) is 32.6. The van der Waals surface area contributed by atoms with E-state index >= 15 is 0 Å². The third-order valence-electron chi connectivity index (χ3n) is 12.3. The van der Waals surface area contributed by atoms with Crippen molar-refractivity contribution in [3.05, 3.63) is 174 Å². The maximum absolute atomic E-state index is 5.21. The molecule has 266 valence electrons. The lowest BCUT2D eigenvalue weighted by Gasteiger charge is -2.24. The normalized spacial score (nSPS) is 14.4. The molecule has 11 rings (SSSR count). The molecule has 5 nitrogen and oxygen atoms in total. The quantitative estimate of drug-likeness (QED) is 0.181. The Morgan fingerprint density at radius 3 is 1.86 bits per heavy atom. The standard InChI is InChI=1S/C51H37N5/c1-50(2)41-18-9-7-15-35(41)39-28-44-40(29-43(39)50)36-21-20-32(26-42(36)51(44,3)4)47-54-48(38-23-25-52-45-19-10-8-16-37(38)45)56-49(55-47)46-27-31(22-24-53-46)34-17-11-13-30-12-5-6-14-33(30)34/h5-29H,1-4H3. The Kier molecular flexibility index (Phi) is 6.88. The van der Waals surface area contributed by atoms with Crippen LogP contribution >= 0.6 is 0 Å². The SMILES string of the molecule is CC1(C)c2ccccc2-c2cc3c(cc21)-c1ccc(-c2nc(-c4cc(-c5cccc6ccccc56)ccn4)nc(-c4ccnc5ccccc45)n2)cc1C3(C)C. The largest absolute Gasteiger partial charge is 0.256 e. The van der Waals surface area contributed by atoms with Crippen LogP contribution in [0.1, 0.15) is 49.9 Å². The summed E-state index contributed by atoms with van der Waals surface area (Å²) < 4.78 is 0. The van der Waals surface area contributed by atoms with Gasteiger partial charge in [-0.05, 0) is 109 Å². The van der Waals surface area contributed by atoms with E-state index in [9.17, 15) is 0 Å². The fraction of sp³-hybridized carbons (Fsp3) is 0.118. The molecule has 56 heavy (non-hydrogen) atoms. The predicted molar refractivity (Wildman–Crippen MR) is 227 cm³/mol. The summed E-state index contributed by atoms with van der Waals surface area (Å²) in [5.74, 6) is 1.71. The van der Waals surface area contributed by atoms with Gasteiger partial charge in [-0.1, -0.05) is 125 Å². The van der Waals surface area contributed by atoms with Crippen molar-refractivity contribution >= 4 is 21.7 Å². The van der Waals surface area contributed by atoms with Crippen LogP contribution in [-0.2, 0) is 10.8 Å². The second-order valence-corrected chi connectivity index (χ2v) is 16.1. The predicted octanol–water partition coefficient (Wildman–Crippen LogP) is 12.2. The molecular weight excluding hydrogens is 683 g/mol. The smallest absolute Gasteiger partial charge is 0.182 e. The third-order valence-corrected chi connectivity index (χ3v) is 12.3. The fourth-order valence-corrected chi connectivity index (χ4v) is 9.30. The van der Waals surface area contributed by atoms with E-state index in [1.807, 2.05) is 36.7 Å². The van der Waals surface area contributed by atoms with Crippen LogP contribution in [0.4, 0.5) is 0 Å². The first-order valence-corrected chi connectivity index (χ1v) is 19.2. The molecule has 0 N–H and O–H groups in total. The molecule has 5 heteroatoms. The van der Waals surface area contributed by atoms with Crippen LogP contribution < -0.4 is 0 Å². The van der Waals surface area contributed by atoms with Crippen molar-refractivity contribution in [1.82, 2.24) is 24.9 Å². The lowest BCUT2D eigenvalue weighted by Crippen LogP contribution is -2.17. The number of hydrogen-bond donors (Lipinski definition) is 0. The van der Waals surface area contributed by atoms with Crippen LogP contribution in [0.15, 0.2) is 152 Å². The first-order valence-electron chi connectivity index (χ1n) is 19.2. The Morgan fingerprint density at radius 2 is 1.00 bits per heavy atom. The molecule has 2 aliphatic rings. The monoisotopic (exact) mass is 719 g/mol. The topological polar surface area (TPSA) is 64.5 Å². The van der Waals surface area contributed by atoms with Crippen molar-refractivity contribution < 1.29 is 0 Å². The lowest BCUT2D eigenvalue weighted by atomic mass is 9.79. The van der Waals surface area contributed by atoms with E-state index < -0.39 is 0 Å². The van der Waals surface area contributed by atoms with Crippen molar-refractivity contribution in [1.29, 1.82) is 0 Å². The van der Waals surface area contributed by atoms with E-state index in [0.717, 1.165) is 33.2 Å². The molecule has 3 aromatic heterocycles. The third kappa shape index (κ3) is 4.77. The van der Waals surface area contributed by atoms with Crippen LogP contribution in [0.5, 0.6) is 0 Å². The van der Waals surface area contributed by atoms with Crippen LogP contribution in [0.2, 0.25) is 0 Å². The molecule has 0 fully saturated rings. The average Bonchev–Trinajstić information content (AvgIpc) is 3.61. The molecule has 2 aliphatic carbocycles. The van der Waals surface area contributed by atoms with Gasteiger partial charge in [0.25, 0.3) is 0 Å². The summed E-state index contributed by atoms with van der Waals surface area (Å²) >= 11 is 0. The van der Waals surface area contributed by atoms with Gasteiger partial charge in [0.2, 0.25) is 0 Å². The number of benzene rings is 6. The molecule has 0 unspecified atom stereocenters. The molecular formula is C51H37N5. The summed E-state index contributed by atoms with van der Waals surface area (Å²) in [6, 6.07) is 49.7. The van der Waals surface area contributed by atoms with Crippen molar-refractivity contribution in [3.63, 3.8) is 0 Å². The molecule has 6 aromatic carbocycles. The van der Waals surface area contributed by atoms with Gasteiger partial charge >= 0.3 is 0 Å². The molecule has 0 saturated heterocycles. The van der Waals surface area contributed by atoms with Crippen LogP contribution in [0.3, 0.4) is 0 Å². The highest BCUT2D eigenvalue weighted by Crippen LogP contribution is 2.56. The summed E-state index contributed by atoms with van der Waals surface area (Å²) in [5.41, 5.74) is 16.0. The Bertz CT molecular complexity index is 3090. The van der Waals surface area contributed by atoms with Gasteiger partial charge in [-0.2, -0.15) is 0 Å². The number of nitrogens with zero attached hydrogens (tertiary/aromatic N) is 5. The van der Waals surface area contributed by atoms with E-state index in [4.69, 9.17) is 19.9 Å². The summed E-state index contributed by atoms with van der Waals surface area (Å²) in [6.45, 7) is 9.39. The highest BCUT2D eigenvalue weighted by molar-refractivity contribution is 5.97. The van der Waals surface area contributed by atoms with Gasteiger partial charge in [-0.25, -0.2) is 15.0 Å². The minimum Gasteiger partial charge on any atom is -0.256 e. The number of aromatic nitrogens is 5. The molecule has 0 bridgehead atoms. The number of fused-ring (bicyclic) bond motifs is 8. The van der Waals surface area contributed by atoms with Gasteiger partial charge in [-0.3, -0.25) is 9.97 Å². The minimum atomic E-state index is -0.230. The zero-order valence-corrected chi connectivity index (χ0v) is 31.7. The summed E-state index contributed by atoms with van der Waals surface area (Å²) in [7, 11) is 0. The second-order valence-electron chi connectivity index (χ2n) is 16.1. The van der Waals surface area contributed by atoms with Crippen molar-refractivity contribution in [2.24, 2.45) is 0 Å². The van der Waals surface area contributed by atoms with E-state index in [1.54, 1.807) is 0 Å². The van der Waals surface area contributed by atoms with Gasteiger partial charge in [0.05, 0.1) is 5.52 Å². The molecule has 0 atom stereocenters. The van der Waals surface area contributed by atoms with E-state index in [1.165, 1.54) is 55.3 Å². The molecule has 0 spiro atoms. The molecule has 0 amide bonds. The Labute approximate surface area is 325 Å². The highest BCUT2D eigenvalue weighted by Gasteiger charge is 2.41. The fourth-order valence-electron chi connectivity index (χ4n) is 9.30. The minimum absolute atomic E-state index is 0.0679. The van der Waals surface area contributed by atoms with E-state index in [-0.39, 0.29) is 10.8 Å². The van der Waals surface area contributed by atoms with Gasteiger partial charge in [0.1, 0.15) is 5.69 Å². The summed E-state index contributed by atoms with van der Waals surface area (Å²) in [4.78, 5) is 25.0. The maximum Gasteiger partial charge on any atom is 0.182 e. The zero-order chi connectivity index (χ0) is 37.8. The summed E-state index contributed by atoms with van der Waals surface area (Å²) in [5, 5.41) is 3.36. The molecule has 0 saturated carbocycles. The second kappa shape index (κ2) is 11.8. The van der Waals surface area contributed by atoms with Gasteiger partial charge in [0, 0.05) is 39.7 Å². The van der Waals surface area contributed by atoms with Gasteiger partial charge < -0.3 is 0 Å². The Balaban J connectivity index is 1.08. The van der Waals surface area contributed by atoms with E-state index in [2.05, 4.69) is 148 Å². The van der Waals surface area contributed by atoms with Gasteiger partial charge in [-0.15, -0.1) is 0 Å². The summed E-state index contributed by atoms with van der Waals surface area (Å²) in [6.07, 6.45) is 3.68. The molecule has 9 aromatic rings. The Hall–Kier alpha value is -6.85. The van der Waals surface area contributed by atoms with Crippen molar-refractivity contribution in [2.45, 2.75) is 38.5 Å². The number of rotatable bonds is 4. The first-order chi connectivity index (χ1) is 27.3. The van der Waals surface area contributed by atoms with Crippen LogP contribution in [0, 0.1) is 0 Å². The molecule has 0 radical (unpaired) electrons. The number of para-hydroxylation sites is 1. The average molecular weight is 720 g/mol. The number of hydrogen-bond acceptors (Lipinski definition) is 5. The maximum atomic E-state index is 5.21. The van der Waals surface area contributed by atoms with Crippen molar-refractivity contribution in [3.8, 4) is 67.7 Å². The zero-order valence-electron chi connectivity index (χ0n) is 31.7. The van der Waals surface area contributed by atoms with Gasteiger partial charge in [0.15, 0.2) is 17.5 Å².